The van der Waals surface area contributed by atoms with Gasteiger partial charge in [0, 0.05) is 26.1 Å². The molecule has 0 radical (unpaired) electrons. The van der Waals surface area contributed by atoms with Crippen molar-refractivity contribution in [2.45, 2.75) is 31.4 Å². The van der Waals surface area contributed by atoms with E-state index in [4.69, 9.17) is 5.11 Å². The molecule has 2 fully saturated rings. The summed E-state index contributed by atoms with van der Waals surface area (Å²) in [6.07, 6.45) is 1.37. The maximum atomic E-state index is 12.5. The minimum absolute atomic E-state index is 0.00875. The third kappa shape index (κ3) is 3.53. The van der Waals surface area contributed by atoms with Crippen molar-refractivity contribution in [2.75, 3.05) is 25.9 Å². The predicted molar refractivity (Wildman–Crippen MR) is 72.9 cm³/mol. The monoisotopic (exact) mass is 320 g/mol. The number of carbonyl (C=O) groups excluding carboxylic acids is 1. The van der Waals surface area contributed by atoms with Crippen molar-refractivity contribution in [3.8, 4) is 0 Å². The molecule has 21 heavy (non-hydrogen) atoms. The van der Waals surface area contributed by atoms with Crippen LogP contribution < -0.4 is 0 Å². The second-order valence-electron chi connectivity index (χ2n) is 5.69. The van der Waals surface area contributed by atoms with Crippen LogP contribution in [0.25, 0.3) is 0 Å². The lowest BCUT2D eigenvalue weighted by Crippen LogP contribution is -2.49. The first-order valence-corrected chi connectivity index (χ1v) is 8.71. The molecule has 2 aliphatic heterocycles. The van der Waals surface area contributed by atoms with E-state index >= 15 is 0 Å². The third-order valence-corrected chi connectivity index (χ3v) is 5.32. The Kier molecular flexibility index (Phi) is 4.54. The van der Waals surface area contributed by atoms with Crippen LogP contribution in [-0.2, 0) is 19.6 Å². The SMILES string of the molecule is CS(=O)(=O)N1CCCC(C(=O)N2C[C@H](O)C[C@@H]2C(=O)O)C1. The number of hydrogen-bond acceptors (Lipinski definition) is 5. The van der Waals surface area contributed by atoms with Crippen LogP contribution in [0.2, 0.25) is 0 Å². The van der Waals surface area contributed by atoms with Gasteiger partial charge in [-0.2, -0.15) is 0 Å². The molecule has 0 aromatic rings. The largest absolute Gasteiger partial charge is 0.480 e. The average Bonchev–Trinajstić information content (AvgIpc) is 2.79. The quantitative estimate of drug-likeness (QED) is 0.668. The van der Waals surface area contributed by atoms with Crippen LogP contribution in [0.15, 0.2) is 0 Å². The minimum Gasteiger partial charge on any atom is -0.480 e. The Morgan fingerprint density at radius 2 is 1.90 bits per heavy atom. The van der Waals surface area contributed by atoms with Crippen LogP contribution in [0, 0.1) is 5.92 Å². The molecule has 3 atom stereocenters. The van der Waals surface area contributed by atoms with E-state index in [1.54, 1.807) is 0 Å². The van der Waals surface area contributed by atoms with Gasteiger partial charge in [0.2, 0.25) is 15.9 Å². The molecule has 1 amide bonds. The first kappa shape index (κ1) is 16.2. The number of aliphatic carboxylic acids is 1. The standard InChI is InChI=1S/C12H20N2O6S/c1-21(19,20)13-4-2-3-8(6-13)11(16)14-7-9(15)5-10(14)12(17)18/h8-10,15H,2-7H2,1H3,(H,17,18)/t8?,9-,10-/m1/s1. The van der Waals surface area contributed by atoms with Crippen LogP contribution in [0.3, 0.4) is 0 Å². The number of carbonyl (C=O) groups is 2. The Hall–Kier alpha value is -1.19. The van der Waals surface area contributed by atoms with Crippen LogP contribution in [0.4, 0.5) is 0 Å². The number of hydrogen-bond donors (Lipinski definition) is 2. The van der Waals surface area contributed by atoms with Gasteiger partial charge in [0.05, 0.1) is 18.3 Å². The maximum Gasteiger partial charge on any atom is 0.326 e. The molecule has 2 aliphatic rings. The molecule has 2 N–H and O–H groups in total. The summed E-state index contributed by atoms with van der Waals surface area (Å²) >= 11 is 0. The molecule has 1 unspecified atom stereocenters. The zero-order valence-corrected chi connectivity index (χ0v) is 12.6. The van der Waals surface area contributed by atoms with E-state index in [-0.39, 0.29) is 25.4 Å². The van der Waals surface area contributed by atoms with Gasteiger partial charge in [-0.05, 0) is 12.8 Å². The Labute approximate surface area is 123 Å². The molecule has 0 aromatic carbocycles. The summed E-state index contributed by atoms with van der Waals surface area (Å²) in [6, 6.07) is -1.03. The van der Waals surface area contributed by atoms with E-state index < -0.39 is 34.1 Å². The van der Waals surface area contributed by atoms with E-state index in [1.165, 1.54) is 9.21 Å². The number of likely N-dealkylation sites (tertiary alicyclic amines) is 1. The van der Waals surface area contributed by atoms with Crippen LogP contribution in [0.5, 0.6) is 0 Å². The molecule has 120 valence electrons. The third-order valence-electron chi connectivity index (χ3n) is 4.05. The lowest BCUT2D eigenvalue weighted by molar-refractivity contribution is -0.150. The molecule has 8 nitrogen and oxygen atoms in total. The van der Waals surface area contributed by atoms with Gasteiger partial charge < -0.3 is 15.1 Å². The highest BCUT2D eigenvalue weighted by molar-refractivity contribution is 7.88. The van der Waals surface area contributed by atoms with E-state index in [0.29, 0.717) is 19.4 Å². The highest BCUT2D eigenvalue weighted by atomic mass is 32.2. The molecule has 9 heteroatoms. The fourth-order valence-electron chi connectivity index (χ4n) is 2.97. The lowest BCUT2D eigenvalue weighted by Gasteiger charge is -2.33. The van der Waals surface area contributed by atoms with Crippen molar-refractivity contribution in [2.24, 2.45) is 5.92 Å². The van der Waals surface area contributed by atoms with Crippen LogP contribution >= 0.6 is 0 Å². The highest BCUT2D eigenvalue weighted by Crippen LogP contribution is 2.26. The van der Waals surface area contributed by atoms with Crippen molar-refractivity contribution < 1.29 is 28.2 Å². The summed E-state index contributed by atoms with van der Waals surface area (Å²) in [6.45, 7) is 0.454. The zero-order valence-electron chi connectivity index (χ0n) is 11.8. The van der Waals surface area contributed by atoms with Gasteiger partial charge in [0.25, 0.3) is 0 Å². The first-order valence-electron chi connectivity index (χ1n) is 6.86. The van der Waals surface area contributed by atoms with E-state index in [9.17, 15) is 23.1 Å². The van der Waals surface area contributed by atoms with Gasteiger partial charge in [-0.15, -0.1) is 0 Å². The van der Waals surface area contributed by atoms with E-state index in [2.05, 4.69) is 0 Å². The number of nitrogens with zero attached hydrogens (tertiary/aromatic N) is 2. The number of rotatable bonds is 3. The Morgan fingerprint density at radius 1 is 1.24 bits per heavy atom. The van der Waals surface area contributed by atoms with Crippen LogP contribution in [0.1, 0.15) is 19.3 Å². The number of aliphatic hydroxyl groups excluding tert-OH is 1. The van der Waals surface area contributed by atoms with Gasteiger partial charge >= 0.3 is 5.97 Å². The Morgan fingerprint density at radius 3 is 2.48 bits per heavy atom. The lowest BCUT2D eigenvalue weighted by atomic mass is 9.97. The highest BCUT2D eigenvalue weighted by Gasteiger charge is 2.42. The first-order chi connectivity index (χ1) is 9.70. The van der Waals surface area contributed by atoms with Gasteiger partial charge in [0.1, 0.15) is 6.04 Å². The summed E-state index contributed by atoms with van der Waals surface area (Å²) in [5, 5.41) is 18.7. The summed E-state index contributed by atoms with van der Waals surface area (Å²) in [7, 11) is -3.36. The molecule has 0 saturated carbocycles. The molecule has 2 rings (SSSR count). The summed E-state index contributed by atoms with van der Waals surface area (Å²) in [5.74, 6) is -2.07. The average molecular weight is 320 g/mol. The number of piperidine rings is 1. The fourth-order valence-corrected chi connectivity index (χ4v) is 3.88. The number of aliphatic hydroxyl groups is 1. The van der Waals surface area contributed by atoms with Crippen molar-refractivity contribution in [3.05, 3.63) is 0 Å². The second kappa shape index (κ2) is 5.90. The van der Waals surface area contributed by atoms with E-state index in [0.717, 1.165) is 6.26 Å². The number of carboxylic acid groups (broad SMARTS) is 1. The van der Waals surface area contributed by atoms with Gasteiger partial charge in [-0.3, -0.25) is 4.79 Å². The molecule has 0 spiro atoms. The van der Waals surface area contributed by atoms with Crippen LogP contribution in [-0.4, -0.2) is 77.7 Å². The summed E-state index contributed by atoms with van der Waals surface area (Å²) < 4.78 is 24.4. The maximum absolute atomic E-state index is 12.5. The van der Waals surface area contributed by atoms with Gasteiger partial charge in [-0.25, -0.2) is 17.5 Å². The van der Waals surface area contributed by atoms with E-state index in [1.807, 2.05) is 0 Å². The summed E-state index contributed by atoms with van der Waals surface area (Å²) in [5.41, 5.74) is 0. The molecule has 0 aromatic heterocycles. The zero-order chi connectivity index (χ0) is 15.8. The normalized spacial score (nSPS) is 31.3. The van der Waals surface area contributed by atoms with Crippen molar-refractivity contribution in [3.63, 3.8) is 0 Å². The van der Waals surface area contributed by atoms with Gasteiger partial charge in [-0.1, -0.05) is 0 Å². The summed E-state index contributed by atoms with van der Waals surface area (Å²) in [4.78, 5) is 24.8. The van der Waals surface area contributed by atoms with Crippen molar-refractivity contribution in [1.29, 1.82) is 0 Å². The molecule has 2 heterocycles. The number of carboxylic acids is 1. The topological polar surface area (TPSA) is 115 Å². The fraction of sp³-hybridized carbons (Fsp3) is 0.833. The van der Waals surface area contributed by atoms with Crippen molar-refractivity contribution in [1.82, 2.24) is 9.21 Å². The number of sulfonamides is 1. The molecular formula is C12H20N2O6S. The Bertz CT molecular complexity index is 534. The molecule has 0 aliphatic carbocycles. The predicted octanol–water partition coefficient (Wildman–Crippen LogP) is -1.30. The molecule has 0 bridgehead atoms. The minimum atomic E-state index is -3.36. The molecule has 2 saturated heterocycles. The van der Waals surface area contributed by atoms with Crippen molar-refractivity contribution >= 4 is 21.9 Å². The number of β-amino-alcohol motifs (C(OH)–C–C–N with tert-alkyl or cyclic N) is 1. The van der Waals surface area contributed by atoms with Gasteiger partial charge in [0.15, 0.2) is 0 Å². The molecular weight excluding hydrogens is 300 g/mol. The second-order valence-corrected chi connectivity index (χ2v) is 7.68. The number of amides is 1. The Balaban J connectivity index is 2.10. The smallest absolute Gasteiger partial charge is 0.326 e.